The van der Waals surface area contributed by atoms with Gasteiger partial charge in [0.15, 0.2) is 5.92 Å². The first-order chi connectivity index (χ1) is 7.29. The Hall–Kier alpha value is -1.86. The Morgan fingerprint density at radius 3 is 2.73 bits per heavy atom. The first-order valence-corrected chi connectivity index (χ1v) is 4.65. The summed E-state index contributed by atoms with van der Waals surface area (Å²) in [6, 6.07) is 10.8. The molecule has 78 valence electrons. The molecule has 4 heteroatoms. The van der Waals surface area contributed by atoms with E-state index in [2.05, 4.69) is 5.48 Å². The summed E-state index contributed by atoms with van der Waals surface area (Å²) in [5.41, 5.74) is 2.88. The largest absolute Gasteiger partial charge is 0.274 e. The molecule has 0 bridgehead atoms. The third-order valence-electron chi connectivity index (χ3n) is 1.84. The van der Waals surface area contributed by atoms with Gasteiger partial charge in [0.25, 0.3) is 5.91 Å². The van der Waals surface area contributed by atoms with Crippen LogP contribution in [-0.2, 0) is 9.63 Å². The zero-order valence-electron chi connectivity index (χ0n) is 8.43. The van der Waals surface area contributed by atoms with E-state index < -0.39 is 11.8 Å². The first-order valence-electron chi connectivity index (χ1n) is 4.65. The van der Waals surface area contributed by atoms with Crippen molar-refractivity contribution in [1.82, 2.24) is 5.48 Å². The molecule has 0 fully saturated rings. The number of hydrogen-bond donors (Lipinski definition) is 1. The Morgan fingerprint density at radius 1 is 1.53 bits per heavy atom. The second kappa shape index (κ2) is 5.78. The van der Waals surface area contributed by atoms with E-state index in [1.165, 1.54) is 0 Å². The monoisotopic (exact) mass is 204 g/mol. The van der Waals surface area contributed by atoms with E-state index in [1.54, 1.807) is 31.2 Å². The minimum Gasteiger partial charge on any atom is -0.274 e. The molecular weight excluding hydrogens is 192 g/mol. The number of amides is 1. The van der Waals surface area contributed by atoms with E-state index in [1.807, 2.05) is 12.1 Å². The third kappa shape index (κ3) is 3.08. The predicted molar refractivity (Wildman–Crippen MR) is 54.6 cm³/mol. The summed E-state index contributed by atoms with van der Waals surface area (Å²) in [5, 5.41) is 8.88. The van der Waals surface area contributed by atoms with Crippen LogP contribution in [0.15, 0.2) is 30.3 Å². The van der Waals surface area contributed by atoms with Gasteiger partial charge in [0, 0.05) is 0 Å². The molecule has 1 amide bonds. The number of rotatable bonds is 4. The third-order valence-corrected chi connectivity index (χ3v) is 1.84. The molecule has 1 rings (SSSR count). The average Bonchev–Trinajstić information content (AvgIpc) is 2.29. The molecule has 0 aromatic heterocycles. The molecule has 1 N–H and O–H groups in total. The number of benzene rings is 1. The maximum Gasteiger partial charge on any atom is 0.265 e. The molecule has 0 spiro atoms. The molecular formula is C11H12N2O2. The Labute approximate surface area is 88.4 Å². The lowest BCUT2D eigenvalue weighted by molar-refractivity contribution is -0.133. The van der Waals surface area contributed by atoms with Crippen LogP contribution < -0.4 is 5.48 Å². The number of carbonyl (C=O) groups excluding carboxylic acids is 1. The molecule has 1 aromatic carbocycles. The molecule has 4 nitrogen and oxygen atoms in total. The lowest BCUT2D eigenvalue weighted by Crippen LogP contribution is -2.28. The molecule has 1 aromatic rings. The van der Waals surface area contributed by atoms with E-state index in [-0.39, 0.29) is 0 Å². The Morgan fingerprint density at radius 2 is 2.20 bits per heavy atom. The van der Waals surface area contributed by atoms with Gasteiger partial charge >= 0.3 is 0 Å². The number of nitrogens with zero attached hydrogens (tertiary/aromatic N) is 1. The summed E-state index contributed by atoms with van der Waals surface area (Å²) in [5.74, 6) is -1.26. The van der Waals surface area contributed by atoms with Crippen molar-refractivity contribution >= 4 is 5.91 Å². The summed E-state index contributed by atoms with van der Waals surface area (Å²) in [6.07, 6.45) is 0. The van der Waals surface area contributed by atoms with E-state index in [4.69, 9.17) is 10.1 Å². The summed E-state index contributed by atoms with van der Waals surface area (Å²) >= 11 is 0. The minimum absolute atomic E-state index is 0.374. The minimum atomic E-state index is -0.822. The van der Waals surface area contributed by atoms with Crippen LogP contribution >= 0.6 is 0 Å². The maximum absolute atomic E-state index is 11.5. The number of nitrogens with one attached hydrogen (secondary N) is 1. The molecule has 0 heterocycles. The highest BCUT2D eigenvalue weighted by Crippen LogP contribution is 2.14. The van der Waals surface area contributed by atoms with Crippen molar-refractivity contribution in [2.45, 2.75) is 12.8 Å². The highest BCUT2D eigenvalue weighted by molar-refractivity contribution is 5.85. The predicted octanol–water partition coefficient (Wildman–Crippen LogP) is 1.36. The second-order valence-corrected chi connectivity index (χ2v) is 2.87. The van der Waals surface area contributed by atoms with Crippen LogP contribution in [0.4, 0.5) is 0 Å². The lowest BCUT2D eigenvalue weighted by Gasteiger charge is -2.09. The molecule has 0 aliphatic heterocycles. The smallest absolute Gasteiger partial charge is 0.265 e. The van der Waals surface area contributed by atoms with Gasteiger partial charge in [0.05, 0.1) is 12.7 Å². The van der Waals surface area contributed by atoms with Crippen molar-refractivity contribution in [1.29, 1.82) is 5.26 Å². The SMILES string of the molecule is CCONC(=O)C(C#N)c1ccccc1. The van der Waals surface area contributed by atoms with Gasteiger partial charge in [-0.05, 0) is 12.5 Å². The Kier molecular flexibility index (Phi) is 4.32. The average molecular weight is 204 g/mol. The van der Waals surface area contributed by atoms with Crippen LogP contribution in [0.2, 0.25) is 0 Å². The van der Waals surface area contributed by atoms with Gasteiger partial charge in [-0.15, -0.1) is 0 Å². The number of carbonyl (C=O) groups is 1. The van der Waals surface area contributed by atoms with Crippen LogP contribution in [0.5, 0.6) is 0 Å². The van der Waals surface area contributed by atoms with Crippen LogP contribution in [0, 0.1) is 11.3 Å². The van der Waals surface area contributed by atoms with Crippen molar-refractivity contribution in [2.24, 2.45) is 0 Å². The van der Waals surface area contributed by atoms with Gasteiger partial charge in [-0.2, -0.15) is 5.26 Å². The van der Waals surface area contributed by atoms with Crippen molar-refractivity contribution in [3.05, 3.63) is 35.9 Å². The van der Waals surface area contributed by atoms with Gasteiger partial charge < -0.3 is 0 Å². The molecule has 0 aliphatic rings. The van der Waals surface area contributed by atoms with Crippen LogP contribution in [0.3, 0.4) is 0 Å². The number of hydrogen-bond acceptors (Lipinski definition) is 3. The maximum atomic E-state index is 11.5. The molecule has 1 unspecified atom stereocenters. The lowest BCUT2D eigenvalue weighted by atomic mass is 10.0. The fourth-order valence-corrected chi connectivity index (χ4v) is 1.13. The number of hydroxylamine groups is 1. The van der Waals surface area contributed by atoms with E-state index in [0.717, 1.165) is 0 Å². The first kappa shape index (κ1) is 11.2. The molecule has 0 saturated heterocycles. The summed E-state index contributed by atoms with van der Waals surface area (Å²) in [7, 11) is 0. The van der Waals surface area contributed by atoms with Gasteiger partial charge in [0.1, 0.15) is 0 Å². The molecule has 0 radical (unpaired) electrons. The van der Waals surface area contributed by atoms with Gasteiger partial charge in [-0.25, -0.2) is 5.48 Å². The molecule has 15 heavy (non-hydrogen) atoms. The van der Waals surface area contributed by atoms with E-state index in [9.17, 15) is 4.79 Å². The van der Waals surface area contributed by atoms with Gasteiger partial charge in [-0.3, -0.25) is 9.63 Å². The highest BCUT2D eigenvalue weighted by Gasteiger charge is 2.19. The highest BCUT2D eigenvalue weighted by atomic mass is 16.6. The van der Waals surface area contributed by atoms with Crippen LogP contribution in [0.25, 0.3) is 0 Å². The van der Waals surface area contributed by atoms with Gasteiger partial charge in [-0.1, -0.05) is 30.3 Å². The standard InChI is InChI=1S/C11H12N2O2/c1-2-15-13-11(14)10(8-12)9-6-4-3-5-7-9/h3-7,10H,2H2,1H3,(H,13,14). The quantitative estimate of drug-likeness (QED) is 0.753. The second-order valence-electron chi connectivity index (χ2n) is 2.87. The Bertz CT molecular complexity index is 357. The normalized spacial score (nSPS) is 11.5. The summed E-state index contributed by atoms with van der Waals surface area (Å²) in [4.78, 5) is 16.2. The van der Waals surface area contributed by atoms with Crippen LogP contribution in [-0.4, -0.2) is 12.5 Å². The Balaban J connectivity index is 2.73. The molecule has 1 atom stereocenters. The fourth-order valence-electron chi connectivity index (χ4n) is 1.13. The number of nitriles is 1. The summed E-state index contributed by atoms with van der Waals surface area (Å²) in [6.45, 7) is 2.13. The molecule has 0 aliphatic carbocycles. The van der Waals surface area contributed by atoms with E-state index in [0.29, 0.717) is 12.2 Å². The molecule has 0 saturated carbocycles. The van der Waals surface area contributed by atoms with E-state index >= 15 is 0 Å². The zero-order valence-corrected chi connectivity index (χ0v) is 8.43. The fraction of sp³-hybridized carbons (Fsp3) is 0.273. The van der Waals surface area contributed by atoms with Crippen molar-refractivity contribution in [2.75, 3.05) is 6.61 Å². The van der Waals surface area contributed by atoms with Crippen molar-refractivity contribution in [3.8, 4) is 6.07 Å². The van der Waals surface area contributed by atoms with Crippen molar-refractivity contribution < 1.29 is 9.63 Å². The van der Waals surface area contributed by atoms with Crippen molar-refractivity contribution in [3.63, 3.8) is 0 Å². The van der Waals surface area contributed by atoms with Gasteiger partial charge in [0.2, 0.25) is 0 Å². The zero-order chi connectivity index (χ0) is 11.1. The van der Waals surface area contributed by atoms with Crippen LogP contribution in [0.1, 0.15) is 18.4 Å². The topological polar surface area (TPSA) is 62.1 Å². The summed E-state index contributed by atoms with van der Waals surface area (Å²) < 4.78 is 0.